The first-order chi connectivity index (χ1) is 13.6. The van der Waals surface area contributed by atoms with Crippen LogP contribution in [0.5, 0.6) is 0 Å². The molecule has 2 heterocycles. The molecule has 0 fully saturated rings. The third kappa shape index (κ3) is 3.67. The monoisotopic (exact) mass is 391 g/mol. The van der Waals surface area contributed by atoms with Gasteiger partial charge in [-0.2, -0.15) is 9.78 Å². The molecule has 0 radical (unpaired) electrons. The minimum atomic E-state index is -1.18. The van der Waals surface area contributed by atoms with Gasteiger partial charge in [-0.25, -0.2) is 0 Å². The lowest BCUT2D eigenvalue weighted by Gasteiger charge is -2.05. The Bertz CT molecular complexity index is 1180. The molecule has 28 heavy (non-hydrogen) atoms. The summed E-state index contributed by atoms with van der Waals surface area (Å²) in [4.78, 5) is 10.8. The average Bonchev–Trinajstić information content (AvgIpc) is 3.29. The van der Waals surface area contributed by atoms with Crippen LogP contribution in [-0.2, 0) is 4.79 Å². The lowest BCUT2D eigenvalue weighted by Crippen LogP contribution is -2.24. The number of fused-ring (bicyclic) bond motifs is 1. The van der Waals surface area contributed by atoms with E-state index < -0.39 is 5.97 Å². The highest BCUT2D eigenvalue weighted by Crippen LogP contribution is 2.27. The summed E-state index contributed by atoms with van der Waals surface area (Å²) in [5.41, 5.74) is 1.64. The molecule has 0 atom stereocenters. The minimum Gasteiger partial charge on any atom is -0.549 e. The number of carboxylic acids is 1. The second-order valence-corrected chi connectivity index (χ2v) is 6.96. The molecule has 8 heteroatoms. The number of carboxylic acid groups (broad SMARTS) is 1. The number of carbonyl (C=O) groups excluding carboxylic acids is 1. The zero-order valence-electron chi connectivity index (χ0n) is 14.9. The van der Waals surface area contributed by atoms with Crippen LogP contribution in [-0.4, -0.2) is 32.8 Å². The fraction of sp³-hybridized carbons (Fsp3) is 0.100. The van der Waals surface area contributed by atoms with E-state index in [9.17, 15) is 9.90 Å². The Kier molecular flexibility index (Phi) is 4.94. The van der Waals surface area contributed by atoms with Crippen molar-refractivity contribution in [3.05, 3.63) is 66.1 Å². The van der Waals surface area contributed by atoms with Gasteiger partial charge >= 0.3 is 0 Å². The molecule has 0 saturated heterocycles. The smallest absolute Gasteiger partial charge is 0.212 e. The van der Waals surface area contributed by atoms with Crippen molar-refractivity contribution >= 4 is 34.7 Å². The molecule has 4 rings (SSSR count). The van der Waals surface area contributed by atoms with Crippen LogP contribution in [0.4, 0.5) is 0 Å². The Hall–Kier alpha value is -3.39. The number of hydrogen-bond donors (Lipinski definition) is 0. The standard InChI is InChI=1S/C20H16N4O3S/c1-13-17(8-9-27-13)19-22-23-20(28-12-18(25)26)24(19)21-11-14-6-7-15-4-2-3-5-16(15)10-14/h2-11H,12H2,1H3,(H,25,26)/p-1/b21-11-. The van der Waals surface area contributed by atoms with Crippen LogP contribution in [0.25, 0.3) is 22.2 Å². The van der Waals surface area contributed by atoms with Gasteiger partial charge < -0.3 is 14.3 Å². The summed E-state index contributed by atoms with van der Waals surface area (Å²) in [5.74, 6) is -0.275. The second-order valence-electron chi connectivity index (χ2n) is 6.02. The van der Waals surface area contributed by atoms with Crippen LogP contribution in [0.3, 0.4) is 0 Å². The summed E-state index contributed by atoms with van der Waals surface area (Å²) >= 11 is 1.000. The number of hydrogen-bond acceptors (Lipinski definition) is 7. The molecular formula is C20H15N4O3S-. The maximum absolute atomic E-state index is 10.8. The lowest BCUT2D eigenvalue weighted by atomic mass is 10.1. The molecule has 0 aliphatic carbocycles. The summed E-state index contributed by atoms with van der Waals surface area (Å²) in [6.07, 6.45) is 3.25. The third-order valence-corrected chi connectivity index (χ3v) is 5.02. The first-order valence-corrected chi connectivity index (χ1v) is 9.46. The maximum Gasteiger partial charge on any atom is 0.212 e. The molecule has 0 aliphatic heterocycles. The summed E-state index contributed by atoms with van der Waals surface area (Å²) < 4.78 is 6.86. The van der Waals surface area contributed by atoms with Gasteiger partial charge in [-0.15, -0.1) is 10.2 Å². The van der Waals surface area contributed by atoms with Gasteiger partial charge in [0.15, 0.2) is 5.82 Å². The third-order valence-electron chi connectivity index (χ3n) is 4.13. The van der Waals surface area contributed by atoms with Gasteiger partial charge in [0.2, 0.25) is 5.16 Å². The SMILES string of the molecule is Cc1occc1-c1nnc(SCC(=O)[O-])n1/N=C\c1ccc2ccccc2c1. The van der Waals surface area contributed by atoms with Crippen LogP contribution < -0.4 is 5.11 Å². The predicted molar refractivity (Wildman–Crippen MR) is 105 cm³/mol. The highest BCUT2D eigenvalue weighted by molar-refractivity contribution is 7.99. The van der Waals surface area contributed by atoms with Gasteiger partial charge in [0.05, 0.1) is 24.0 Å². The van der Waals surface area contributed by atoms with E-state index in [1.165, 1.54) is 4.68 Å². The van der Waals surface area contributed by atoms with Crippen molar-refractivity contribution in [2.45, 2.75) is 12.1 Å². The summed E-state index contributed by atoms with van der Waals surface area (Å²) in [7, 11) is 0. The Morgan fingerprint density at radius 2 is 2.04 bits per heavy atom. The Balaban J connectivity index is 1.73. The first kappa shape index (κ1) is 18.0. The number of aromatic nitrogens is 3. The molecule has 7 nitrogen and oxygen atoms in total. The van der Waals surface area contributed by atoms with E-state index in [2.05, 4.69) is 15.3 Å². The van der Waals surface area contributed by atoms with Gasteiger partial charge in [0.25, 0.3) is 0 Å². The fourth-order valence-electron chi connectivity index (χ4n) is 2.78. The van der Waals surface area contributed by atoms with Crippen LogP contribution in [0, 0.1) is 6.92 Å². The van der Waals surface area contributed by atoms with Gasteiger partial charge in [0.1, 0.15) is 5.76 Å². The van der Waals surface area contributed by atoms with Gasteiger partial charge in [-0.3, -0.25) is 0 Å². The summed E-state index contributed by atoms with van der Waals surface area (Å²) in [6.45, 7) is 1.81. The number of rotatable bonds is 6. The van der Waals surface area contributed by atoms with Crippen molar-refractivity contribution in [3.8, 4) is 11.4 Å². The number of benzene rings is 2. The maximum atomic E-state index is 10.8. The van der Waals surface area contributed by atoms with Crippen molar-refractivity contribution in [3.63, 3.8) is 0 Å². The highest BCUT2D eigenvalue weighted by Gasteiger charge is 2.17. The lowest BCUT2D eigenvalue weighted by molar-refractivity contribution is -0.301. The van der Waals surface area contributed by atoms with Crippen molar-refractivity contribution in [1.82, 2.24) is 14.9 Å². The van der Waals surface area contributed by atoms with Crippen molar-refractivity contribution in [1.29, 1.82) is 0 Å². The first-order valence-electron chi connectivity index (χ1n) is 8.47. The normalized spacial score (nSPS) is 11.5. The molecule has 0 aliphatic rings. The molecule has 0 unspecified atom stereocenters. The summed E-state index contributed by atoms with van der Waals surface area (Å²) in [5, 5.41) is 26.2. The molecular weight excluding hydrogens is 376 g/mol. The molecule has 0 N–H and O–H groups in total. The van der Waals surface area contributed by atoms with Gasteiger partial charge in [0, 0.05) is 5.75 Å². The van der Waals surface area contributed by atoms with Crippen LogP contribution in [0.2, 0.25) is 0 Å². The Morgan fingerprint density at radius 3 is 2.79 bits per heavy atom. The molecule has 0 amide bonds. The molecule has 0 bridgehead atoms. The quantitative estimate of drug-likeness (QED) is 0.370. The van der Waals surface area contributed by atoms with Gasteiger partial charge in [-0.1, -0.05) is 48.2 Å². The molecule has 0 saturated carbocycles. The predicted octanol–water partition coefficient (Wildman–Crippen LogP) is 2.72. The van der Waals surface area contributed by atoms with Gasteiger partial charge in [-0.05, 0) is 35.4 Å². The van der Waals surface area contributed by atoms with E-state index in [1.807, 2.05) is 49.4 Å². The molecule has 2 aromatic heterocycles. The van der Waals surface area contributed by atoms with Crippen LogP contribution >= 0.6 is 11.8 Å². The minimum absolute atomic E-state index is 0.242. The number of carbonyl (C=O) groups is 1. The highest BCUT2D eigenvalue weighted by atomic mass is 32.2. The average molecular weight is 391 g/mol. The molecule has 4 aromatic rings. The van der Waals surface area contributed by atoms with Crippen molar-refractivity contribution in [2.75, 3.05) is 5.75 Å². The molecule has 2 aromatic carbocycles. The zero-order valence-corrected chi connectivity index (χ0v) is 15.7. The second kappa shape index (κ2) is 7.69. The zero-order chi connectivity index (χ0) is 19.5. The van der Waals surface area contributed by atoms with E-state index in [0.717, 1.165) is 33.7 Å². The topological polar surface area (TPSA) is 96.3 Å². The summed E-state index contributed by atoms with van der Waals surface area (Å²) in [6, 6.07) is 15.8. The van der Waals surface area contributed by atoms with Crippen LogP contribution in [0.15, 0.2) is 69.5 Å². The number of aliphatic carboxylic acids is 1. The molecule has 140 valence electrons. The largest absolute Gasteiger partial charge is 0.549 e. The molecule has 0 spiro atoms. The number of furan rings is 1. The number of aryl methyl sites for hydroxylation is 1. The number of thioether (sulfide) groups is 1. The Morgan fingerprint density at radius 1 is 1.21 bits per heavy atom. The Labute approximate surface area is 164 Å². The van der Waals surface area contributed by atoms with E-state index in [0.29, 0.717) is 16.7 Å². The van der Waals surface area contributed by atoms with Crippen molar-refractivity contribution < 1.29 is 14.3 Å². The van der Waals surface area contributed by atoms with Crippen LogP contribution in [0.1, 0.15) is 11.3 Å². The fourth-order valence-corrected chi connectivity index (χ4v) is 3.38. The number of nitrogens with zero attached hydrogens (tertiary/aromatic N) is 4. The van der Waals surface area contributed by atoms with E-state index in [1.54, 1.807) is 18.5 Å². The van der Waals surface area contributed by atoms with E-state index >= 15 is 0 Å². The van der Waals surface area contributed by atoms with E-state index in [4.69, 9.17) is 4.42 Å². The van der Waals surface area contributed by atoms with E-state index in [-0.39, 0.29) is 5.75 Å². The van der Waals surface area contributed by atoms with Crippen molar-refractivity contribution in [2.24, 2.45) is 5.10 Å².